The molecular formula is C10H18N4O2S2. The first-order valence-electron chi connectivity index (χ1n) is 5.33. The van der Waals surface area contributed by atoms with Crippen molar-refractivity contribution in [3.05, 3.63) is 18.3 Å². The standard InChI is InChI=1S/C10H18N4O2S2/c1-8(7-17-3)14(2)18(15,16)9-4-5-12-10(6-9)13-11/h4-6,8H,7,11H2,1-3H3,(H,12,13). The zero-order valence-electron chi connectivity index (χ0n) is 10.6. The Morgan fingerprint density at radius 3 is 2.83 bits per heavy atom. The molecule has 1 aromatic rings. The lowest BCUT2D eigenvalue weighted by Crippen LogP contribution is -2.36. The predicted octanol–water partition coefficient (Wildman–Crippen LogP) is 0.739. The van der Waals surface area contributed by atoms with E-state index in [2.05, 4.69) is 10.4 Å². The van der Waals surface area contributed by atoms with Crippen LogP contribution < -0.4 is 11.3 Å². The molecule has 0 saturated carbocycles. The fourth-order valence-corrected chi connectivity index (χ4v) is 3.57. The van der Waals surface area contributed by atoms with Crippen LogP contribution in [0.2, 0.25) is 0 Å². The van der Waals surface area contributed by atoms with Crippen molar-refractivity contribution in [2.75, 3.05) is 24.5 Å². The highest BCUT2D eigenvalue weighted by Gasteiger charge is 2.25. The first-order valence-corrected chi connectivity index (χ1v) is 8.16. The minimum absolute atomic E-state index is 0.0764. The van der Waals surface area contributed by atoms with E-state index in [-0.39, 0.29) is 10.9 Å². The van der Waals surface area contributed by atoms with Gasteiger partial charge in [-0.25, -0.2) is 19.2 Å². The van der Waals surface area contributed by atoms with Crippen LogP contribution in [0.4, 0.5) is 5.82 Å². The number of nitrogen functional groups attached to an aromatic ring is 1. The van der Waals surface area contributed by atoms with Crippen LogP contribution in [-0.4, -0.2) is 42.8 Å². The smallest absolute Gasteiger partial charge is 0.243 e. The van der Waals surface area contributed by atoms with E-state index >= 15 is 0 Å². The van der Waals surface area contributed by atoms with Crippen molar-refractivity contribution in [2.45, 2.75) is 17.9 Å². The lowest BCUT2D eigenvalue weighted by Gasteiger charge is -2.23. The average Bonchev–Trinajstić information content (AvgIpc) is 2.38. The lowest BCUT2D eigenvalue weighted by atomic mass is 10.4. The molecule has 6 nitrogen and oxygen atoms in total. The Morgan fingerprint density at radius 1 is 1.61 bits per heavy atom. The summed E-state index contributed by atoms with van der Waals surface area (Å²) in [5, 5.41) is 0. The second-order valence-corrected chi connectivity index (χ2v) is 6.75. The second-order valence-electron chi connectivity index (χ2n) is 3.85. The molecule has 18 heavy (non-hydrogen) atoms. The van der Waals surface area contributed by atoms with Gasteiger partial charge in [0.15, 0.2) is 0 Å². The zero-order valence-corrected chi connectivity index (χ0v) is 12.3. The minimum Gasteiger partial charge on any atom is -0.308 e. The number of thioether (sulfide) groups is 1. The Balaban J connectivity index is 3.05. The van der Waals surface area contributed by atoms with E-state index in [0.29, 0.717) is 5.82 Å². The molecule has 0 aliphatic heterocycles. The molecule has 1 atom stereocenters. The van der Waals surface area contributed by atoms with E-state index in [4.69, 9.17) is 5.84 Å². The van der Waals surface area contributed by atoms with Gasteiger partial charge in [-0.1, -0.05) is 0 Å². The lowest BCUT2D eigenvalue weighted by molar-refractivity contribution is 0.415. The number of hydrogen-bond donors (Lipinski definition) is 2. The summed E-state index contributed by atoms with van der Waals surface area (Å²) in [6.45, 7) is 1.87. The molecule has 0 aromatic carbocycles. The van der Waals surface area contributed by atoms with Crippen molar-refractivity contribution < 1.29 is 8.42 Å². The highest BCUT2D eigenvalue weighted by atomic mass is 32.2. The maximum absolute atomic E-state index is 12.3. The van der Waals surface area contributed by atoms with Gasteiger partial charge in [0, 0.05) is 31.1 Å². The molecule has 0 radical (unpaired) electrons. The molecule has 0 amide bonds. The molecule has 0 aliphatic carbocycles. The fourth-order valence-electron chi connectivity index (χ4n) is 1.40. The maximum Gasteiger partial charge on any atom is 0.243 e. The summed E-state index contributed by atoms with van der Waals surface area (Å²) in [6.07, 6.45) is 3.36. The summed E-state index contributed by atoms with van der Waals surface area (Å²) in [7, 11) is -1.93. The molecular weight excluding hydrogens is 272 g/mol. The number of aromatic nitrogens is 1. The summed E-state index contributed by atoms with van der Waals surface area (Å²) in [4.78, 5) is 4.07. The van der Waals surface area contributed by atoms with Gasteiger partial charge in [0.05, 0.1) is 4.90 Å². The van der Waals surface area contributed by atoms with E-state index in [1.807, 2.05) is 13.2 Å². The highest BCUT2D eigenvalue weighted by molar-refractivity contribution is 7.98. The molecule has 3 N–H and O–H groups in total. The molecule has 102 valence electrons. The number of sulfonamides is 1. The number of hydrazine groups is 1. The Kier molecular flexibility index (Phi) is 5.39. The van der Waals surface area contributed by atoms with Crippen LogP contribution in [0, 0.1) is 0 Å². The van der Waals surface area contributed by atoms with Crippen molar-refractivity contribution in [3.8, 4) is 0 Å². The Morgan fingerprint density at radius 2 is 2.28 bits per heavy atom. The van der Waals surface area contributed by atoms with Gasteiger partial charge >= 0.3 is 0 Å². The number of pyridine rings is 1. The van der Waals surface area contributed by atoms with Crippen molar-refractivity contribution in [2.24, 2.45) is 5.84 Å². The number of anilines is 1. The van der Waals surface area contributed by atoms with Crippen LogP contribution in [0.5, 0.6) is 0 Å². The summed E-state index contributed by atoms with van der Waals surface area (Å²) >= 11 is 1.61. The van der Waals surface area contributed by atoms with Crippen LogP contribution >= 0.6 is 11.8 Å². The summed E-state index contributed by atoms with van der Waals surface area (Å²) in [5.41, 5.74) is 2.33. The molecule has 0 fully saturated rings. The Hall–Kier alpha value is -0.830. The minimum atomic E-state index is -3.51. The highest BCUT2D eigenvalue weighted by Crippen LogP contribution is 2.19. The molecule has 0 aliphatic rings. The number of nitrogens with one attached hydrogen (secondary N) is 1. The van der Waals surface area contributed by atoms with Crippen LogP contribution in [-0.2, 0) is 10.0 Å². The van der Waals surface area contributed by atoms with Gasteiger partial charge in [-0.05, 0) is 19.2 Å². The van der Waals surface area contributed by atoms with Crippen molar-refractivity contribution in [1.82, 2.24) is 9.29 Å². The summed E-state index contributed by atoms with van der Waals surface area (Å²) in [5.74, 6) is 6.28. The Labute approximate surface area is 112 Å². The van der Waals surface area contributed by atoms with E-state index < -0.39 is 10.0 Å². The van der Waals surface area contributed by atoms with E-state index in [1.54, 1.807) is 18.8 Å². The molecule has 0 spiro atoms. The van der Waals surface area contributed by atoms with Gasteiger partial charge in [-0.3, -0.25) is 0 Å². The van der Waals surface area contributed by atoms with Crippen LogP contribution in [0.25, 0.3) is 0 Å². The first kappa shape index (κ1) is 15.2. The predicted molar refractivity (Wildman–Crippen MR) is 74.8 cm³/mol. The molecule has 1 heterocycles. The largest absolute Gasteiger partial charge is 0.308 e. The van der Waals surface area contributed by atoms with Crippen molar-refractivity contribution >= 4 is 27.6 Å². The number of hydrogen-bond acceptors (Lipinski definition) is 6. The van der Waals surface area contributed by atoms with Crippen LogP contribution in [0.15, 0.2) is 23.2 Å². The Bertz CT molecular complexity index is 492. The summed E-state index contributed by atoms with van der Waals surface area (Å²) < 4.78 is 26.0. The topological polar surface area (TPSA) is 88.3 Å². The third-order valence-electron chi connectivity index (χ3n) is 2.58. The van der Waals surface area contributed by atoms with E-state index in [1.165, 1.54) is 22.6 Å². The van der Waals surface area contributed by atoms with Gasteiger partial charge in [-0.2, -0.15) is 16.1 Å². The molecule has 1 aromatic heterocycles. The van der Waals surface area contributed by atoms with Gasteiger partial charge in [0.1, 0.15) is 5.82 Å². The molecule has 1 unspecified atom stereocenters. The molecule has 8 heteroatoms. The monoisotopic (exact) mass is 290 g/mol. The van der Waals surface area contributed by atoms with Crippen LogP contribution in [0.1, 0.15) is 6.92 Å². The molecule has 0 bridgehead atoms. The SMILES string of the molecule is CSCC(C)N(C)S(=O)(=O)c1ccnc(NN)c1. The molecule has 0 saturated heterocycles. The molecule has 1 rings (SSSR count). The second kappa shape index (κ2) is 6.37. The quantitative estimate of drug-likeness (QED) is 0.593. The average molecular weight is 290 g/mol. The summed E-state index contributed by atoms with van der Waals surface area (Å²) in [6, 6.07) is 2.79. The third kappa shape index (κ3) is 3.35. The van der Waals surface area contributed by atoms with E-state index in [9.17, 15) is 8.42 Å². The third-order valence-corrected chi connectivity index (χ3v) is 5.37. The van der Waals surface area contributed by atoms with Gasteiger partial charge < -0.3 is 5.43 Å². The van der Waals surface area contributed by atoms with Gasteiger partial charge in [-0.15, -0.1) is 0 Å². The number of nitrogens with two attached hydrogens (primary N) is 1. The van der Waals surface area contributed by atoms with Crippen LogP contribution in [0.3, 0.4) is 0 Å². The van der Waals surface area contributed by atoms with Crippen molar-refractivity contribution in [3.63, 3.8) is 0 Å². The number of rotatable bonds is 6. The van der Waals surface area contributed by atoms with E-state index in [0.717, 1.165) is 5.75 Å². The van der Waals surface area contributed by atoms with Gasteiger partial charge in [0.2, 0.25) is 10.0 Å². The van der Waals surface area contributed by atoms with Gasteiger partial charge in [0.25, 0.3) is 0 Å². The normalized spacial score (nSPS) is 13.6. The zero-order chi connectivity index (χ0) is 13.8. The fraction of sp³-hybridized carbons (Fsp3) is 0.500. The van der Waals surface area contributed by atoms with Crippen molar-refractivity contribution in [1.29, 1.82) is 0 Å². The first-order chi connectivity index (χ1) is 8.43. The number of nitrogens with zero attached hydrogens (tertiary/aromatic N) is 2. The maximum atomic E-state index is 12.3.